The van der Waals surface area contributed by atoms with Gasteiger partial charge < -0.3 is 10.1 Å². The summed E-state index contributed by atoms with van der Waals surface area (Å²) in [6.45, 7) is 0.762. The number of methoxy groups -OCH3 is 1. The Balaban J connectivity index is 2.07. The van der Waals surface area contributed by atoms with Gasteiger partial charge in [-0.15, -0.1) is 0 Å². The maximum Gasteiger partial charge on any atom is 0.118 e. The summed E-state index contributed by atoms with van der Waals surface area (Å²) in [6.07, 6.45) is 0.539. The number of hydrogen-bond donors (Lipinski definition) is 1. The normalized spacial score (nSPS) is 26.3. The van der Waals surface area contributed by atoms with Gasteiger partial charge in [0.1, 0.15) is 11.9 Å². The number of nitrogens with one attached hydrogen (secondary N) is 1. The van der Waals surface area contributed by atoms with Gasteiger partial charge in [-0.2, -0.15) is 0 Å². The van der Waals surface area contributed by atoms with E-state index in [1.807, 2.05) is 24.3 Å². The first-order valence-electron chi connectivity index (χ1n) is 5.31. The van der Waals surface area contributed by atoms with E-state index >= 15 is 0 Å². The number of rotatable bonds is 2. The van der Waals surface area contributed by atoms with Gasteiger partial charge in [0, 0.05) is 6.04 Å². The first-order valence-corrected chi connectivity index (χ1v) is 5.31. The van der Waals surface area contributed by atoms with Crippen LogP contribution in [-0.4, -0.2) is 19.8 Å². The molecule has 2 atom stereocenters. The summed E-state index contributed by atoms with van der Waals surface area (Å²) in [5, 5.41) is 3.32. The quantitative estimate of drug-likeness (QED) is 0.807. The minimum Gasteiger partial charge on any atom is -0.497 e. The number of alkyl halides is 1. The van der Waals surface area contributed by atoms with E-state index in [2.05, 4.69) is 5.32 Å². The van der Waals surface area contributed by atoms with Crippen LogP contribution in [0.2, 0.25) is 0 Å². The van der Waals surface area contributed by atoms with Gasteiger partial charge in [-0.3, -0.25) is 0 Å². The number of benzene rings is 1. The zero-order chi connectivity index (χ0) is 10.7. The summed E-state index contributed by atoms with van der Waals surface area (Å²) in [7, 11) is 1.64. The Morgan fingerprint density at radius 3 is 2.67 bits per heavy atom. The molecule has 0 amide bonds. The predicted molar refractivity (Wildman–Crippen MR) is 57.9 cm³/mol. The summed E-state index contributed by atoms with van der Waals surface area (Å²) < 4.78 is 18.3. The molecule has 0 saturated carbocycles. The standard InChI is InChI=1S/C12H16FNO/c1-15-11-4-2-9(3-5-11)12-8-10(13)6-7-14-12/h2-5,10,12,14H,6-8H2,1H3. The van der Waals surface area contributed by atoms with Gasteiger partial charge >= 0.3 is 0 Å². The highest BCUT2D eigenvalue weighted by molar-refractivity contribution is 5.29. The molecule has 1 heterocycles. The SMILES string of the molecule is COc1ccc(C2CC(F)CCN2)cc1. The van der Waals surface area contributed by atoms with Crippen LogP contribution in [0.4, 0.5) is 4.39 Å². The van der Waals surface area contributed by atoms with Crippen molar-refractivity contribution in [2.45, 2.75) is 25.1 Å². The fourth-order valence-corrected chi connectivity index (χ4v) is 1.96. The molecular weight excluding hydrogens is 193 g/mol. The third-order valence-corrected chi connectivity index (χ3v) is 2.86. The minimum atomic E-state index is -0.668. The van der Waals surface area contributed by atoms with Gasteiger partial charge in [0.25, 0.3) is 0 Å². The lowest BCUT2D eigenvalue weighted by Gasteiger charge is -2.26. The third kappa shape index (κ3) is 2.48. The third-order valence-electron chi connectivity index (χ3n) is 2.86. The van der Waals surface area contributed by atoms with Crippen LogP contribution < -0.4 is 10.1 Å². The zero-order valence-corrected chi connectivity index (χ0v) is 8.87. The first-order chi connectivity index (χ1) is 7.29. The Kier molecular flexibility index (Phi) is 3.21. The molecule has 0 aliphatic carbocycles. The molecule has 2 unspecified atom stereocenters. The van der Waals surface area contributed by atoms with E-state index in [9.17, 15) is 4.39 Å². The highest BCUT2D eigenvalue weighted by atomic mass is 19.1. The van der Waals surface area contributed by atoms with Crippen molar-refractivity contribution in [3.63, 3.8) is 0 Å². The van der Waals surface area contributed by atoms with Crippen molar-refractivity contribution >= 4 is 0 Å². The Bertz CT molecular complexity index is 312. The van der Waals surface area contributed by atoms with Gasteiger partial charge in [-0.1, -0.05) is 12.1 Å². The van der Waals surface area contributed by atoms with Crippen molar-refractivity contribution < 1.29 is 9.13 Å². The van der Waals surface area contributed by atoms with Crippen LogP contribution in [0.25, 0.3) is 0 Å². The van der Waals surface area contributed by atoms with Crippen molar-refractivity contribution in [1.29, 1.82) is 0 Å². The number of hydrogen-bond acceptors (Lipinski definition) is 2. The topological polar surface area (TPSA) is 21.3 Å². The van der Waals surface area contributed by atoms with Crippen LogP contribution in [0.5, 0.6) is 5.75 Å². The van der Waals surface area contributed by atoms with Crippen LogP contribution >= 0.6 is 0 Å². The maximum absolute atomic E-state index is 13.2. The van der Waals surface area contributed by atoms with Crippen LogP contribution in [0.15, 0.2) is 24.3 Å². The van der Waals surface area contributed by atoms with E-state index in [-0.39, 0.29) is 6.04 Å². The molecule has 3 heteroatoms. The highest BCUT2D eigenvalue weighted by Crippen LogP contribution is 2.26. The van der Waals surface area contributed by atoms with E-state index in [1.165, 1.54) is 0 Å². The summed E-state index contributed by atoms with van der Waals surface area (Å²) in [6, 6.07) is 7.97. The van der Waals surface area contributed by atoms with Gasteiger partial charge in [-0.25, -0.2) is 4.39 Å². The highest BCUT2D eigenvalue weighted by Gasteiger charge is 2.21. The zero-order valence-electron chi connectivity index (χ0n) is 8.87. The predicted octanol–water partition coefficient (Wildman–Crippen LogP) is 2.46. The van der Waals surface area contributed by atoms with Crippen molar-refractivity contribution in [2.24, 2.45) is 0 Å². The van der Waals surface area contributed by atoms with Crippen LogP contribution in [0.1, 0.15) is 24.4 Å². The molecule has 15 heavy (non-hydrogen) atoms. The van der Waals surface area contributed by atoms with Gasteiger partial charge in [0.05, 0.1) is 7.11 Å². The van der Waals surface area contributed by atoms with E-state index in [0.717, 1.165) is 17.9 Å². The molecule has 0 radical (unpaired) electrons. The summed E-state index contributed by atoms with van der Waals surface area (Å²) in [5.74, 6) is 0.839. The lowest BCUT2D eigenvalue weighted by molar-refractivity contribution is 0.224. The lowest BCUT2D eigenvalue weighted by atomic mass is 9.96. The monoisotopic (exact) mass is 209 g/mol. The number of halogens is 1. The number of piperidine rings is 1. The fraction of sp³-hybridized carbons (Fsp3) is 0.500. The lowest BCUT2D eigenvalue weighted by Crippen LogP contribution is -2.32. The second kappa shape index (κ2) is 4.62. The Hall–Kier alpha value is -1.09. The van der Waals surface area contributed by atoms with Crippen LogP contribution in [-0.2, 0) is 0 Å². The Morgan fingerprint density at radius 2 is 2.07 bits per heavy atom. The van der Waals surface area contributed by atoms with Crippen molar-refractivity contribution in [3.8, 4) is 5.75 Å². The minimum absolute atomic E-state index is 0.152. The molecule has 82 valence electrons. The molecule has 2 rings (SSSR count). The van der Waals surface area contributed by atoms with E-state index in [4.69, 9.17) is 4.74 Å². The van der Waals surface area contributed by atoms with Crippen molar-refractivity contribution in [2.75, 3.05) is 13.7 Å². The molecule has 0 bridgehead atoms. The second-order valence-corrected chi connectivity index (χ2v) is 3.90. The maximum atomic E-state index is 13.2. The van der Waals surface area contributed by atoms with E-state index in [1.54, 1.807) is 7.11 Å². The van der Waals surface area contributed by atoms with Crippen molar-refractivity contribution in [3.05, 3.63) is 29.8 Å². The molecule has 1 aliphatic rings. The van der Waals surface area contributed by atoms with Gasteiger partial charge in [0.2, 0.25) is 0 Å². The molecule has 1 aromatic rings. The Labute approximate surface area is 89.4 Å². The average molecular weight is 209 g/mol. The summed E-state index contributed by atoms with van der Waals surface area (Å²) in [5.41, 5.74) is 1.14. The molecule has 1 aliphatic heterocycles. The smallest absolute Gasteiger partial charge is 0.118 e. The van der Waals surface area contributed by atoms with Crippen molar-refractivity contribution in [1.82, 2.24) is 5.32 Å². The summed E-state index contributed by atoms with van der Waals surface area (Å²) in [4.78, 5) is 0. The molecule has 1 fully saturated rings. The molecule has 2 nitrogen and oxygen atoms in total. The molecule has 0 spiro atoms. The summed E-state index contributed by atoms with van der Waals surface area (Å²) >= 11 is 0. The average Bonchev–Trinajstić information content (AvgIpc) is 2.29. The van der Waals surface area contributed by atoms with Gasteiger partial charge in [0.15, 0.2) is 0 Å². The van der Waals surface area contributed by atoms with Crippen LogP contribution in [0, 0.1) is 0 Å². The van der Waals surface area contributed by atoms with Gasteiger partial charge in [-0.05, 0) is 37.1 Å². The van der Waals surface area contributed by atoms with E-state index in [0.29, 0.717) is 12.8 Å². The molecule has 1 N–H and O–H groups in total. The second-order valence-electron chi connectivity index (χ2n) is 3.90. The molecular formula is C12H16FNO. The molecule has 1 aromatic carbocycles. The first kappa shape index (κ1) is 10.4. The largest absolute Gasteiger partial charge is 0.497 e. The molecule has 0 aromatic heterocycles. The Morgan fingerprint density at radius 1 is 1.33 bits per heavy atom. The van der Waals surface area contributed by atoms with Crippen LogP contribution in [0.3, 0.4) is 0 Å². The fourth-order valence-electron chi connectivity index (χ4n) is 1.96. The molecule has 1 saturated heterocycles. The number of ether oxygens (including phenoxy) is 1. The van der Waals surface area contributed by atoms with E-state index < -0.39 is 6.17 Å².